The zero-order valence-corrected chi connectivity index (χ0v) is 19.2. The number of rotatable bonds is 6. The first-order valence-electron chi connectivity index (χ1n) is 11.0. The lowest BCUT2D eigenvalue weighted by Gasteiger charge is -2.30. The number of hydrogen-bond acceptors (Lipinski definition) is 8. The number of furan rings is 1. The Morgan fingerprint density at radius 3 is 2.23 bits per heavy atom. The molecule has 0 radical (unpaired) electrons. The van der Waals surface area contributed by atoms with Gasteiger partial charge in [-0.3, -0.25) is 0 Å². The summed E-state index contributed by atoms with van der Waals surface area (Å²) in [5, 5.41) is 0. The number of benzene rings is 2. The summed E-state index contributed by atoms with van der Waals surface area (Å²) in [6.07, 6.45) is 5.01. The highest BCUT2D eigenvalue weighted by molar-refractivity contribution is 5.98. The first-order chi connectivity index (χ1) is 17.1. The molecule has 0 amide bonds. The highest BCUT2D eigenvalue weighted by atomic mass is 16.7. The maximum atomic E-state index is 12.9. The van der Waals surface area contributed by atoms with Crippen LogP contribution in [0.3, 0.4) is 0 Å². The molecule has 0 unspecified atom stereocenters. The van der Waals surface area contributed by atoms with Gasteiger partial charge in [0.1, 0.15) is 5.76 Å². The average molecular weight is 473 g/mol. The third kappa shape index (κ3) is 4.38. The van der Waals surface area contributed by atoms with E-state index >= 15 is 0 Å². The van der Waals surface area contributed by atoms with Crippen molar-refractivity contribution in [1.29, 1.82) is 0 Å². The van der Waals surface area contributed by atoms with Crippen LogP contribution < -0.4 is 9.47 Å². The maximum Gasteiger partial charge on any atom is 0.336 e. The molecule has 8 nitrogen and oxygen atoms in total. The zero-order chi connectivity index (χ0) is 24.4. The number of carbonyl (C=O) groups is 2. The van der Waals surface area contributed by atoms with Crippen LogP contribution in [0.15, 0.2) is 88.8 Å². The second-order valence-corrected chi connectivity index (χ2v) is 8.04. The van der Waals surface area contributed by atoms with E-state index in [0.717, 1.165) is 22.5 Å². The second kappa shape index (κ2) is 9.42. The van der Waals surface area contributed by atoms with Gasteiger partial charge in [0.2, 0.25) is 6.79 Å². The first kappa shape index (κ1) is 22.3. The van der Waals surface area contributed by atoms with Gasteiger partial charge in [-0.05, 0) is 35.4 Å². The molecule has 0 spiro atoms. The predicted octanol–water partition coefficient (Wildman–Crippen LogP) is 4.39. The molecule has 8 heteroatoms. The Hall–Kier alpha value is -4.46. The van der Waals surface area contributed by atoms with Crippen molar-refractivity contribution in [2.75, 3.05) is 21.0 Å². The summed E-state index contributed by atoms with van der Waals surface area (Å²) in [7, 11) is 2.64. The molecule has 35 heavy (non-hydrogen) atoms. The quantitative estimate of drug-likeness (QED) is 0.487. The van der Waals surface area contributed by atoms with Crippen LogP contribution in [0, 0.1) is 0 Å². The van der Waals surface area contributed by atoms with E-state index < -0.39 is 17.9 Å². The molecule has 3 heterocycles. The standard InChI is InChI=1S/C27H23NO7/c1-31-26(29)20-14-28(13-17-5-10-23-24(12-17)35-16-34-23)15-21(27(30)32-2)25(20)19-8-6-18(7-9-19)22-4-3-11-33-22/h3-12,14-15,25H,13,16H2,1-2H3. The van der Waals surface area contributed by atoms with Crippen LogP contribution in [0.4, 0.5) is 0 Å². The Labute approximate surface area is 202 Å². The van der Waals surface area contributed by atoms with Crippen molar-refractivity contribution >= 4 is 11.9 Å². The SMILES string of the molecule is COC(=O)C1=CN(Cc2ccc3c(c2)OCO3)C=C(C(=O)OC)C1c1ccc(-c2ccco2)cc1. The third-order valence-electron chi connectivity index (χ3n) is 5.93. The molecule has 0 bridgehead atoms. The Morgan fingerprint density at radius 1 is 0.914 bits per heavy atom. The van der Waals surface area contributed by atoms with Gasteiger partial charge in [0, 0.05) is 24.5 Å². The van der Waals surface area contributed by atoms with Gasteiger partial charge in [0.25, 0.3) is 0 Å². The van der Waals surface area contributed by atoms with Crippen LogP contribution >= 0.6 is 0 Å². The van der Waals surface area contributed by atoms with E-state index in [0.29, 0.717) is 29.2 Å². The fourth-order valence-electron chi connectivity index (χ4n) is 4.27. The molecule has 178 valence electrons. The fourth-order valence-corrected chi connectivity index (χ4v) is 4.27. The molecule has 2 aliphatic heterocycles. The number of nitrogens with zero attached hydrogens (tertiary/aromatic N) is 1. The summed E-state index contributed by atoms with van der Waals surface area (Å²) >= 11 is 0. The lowest BCUT2D eigenvalue weighted by molar-refractivity contribution is -0.137. The Balaban J connectivity index is 1.51. The summed E-state index contributed by atoms with van der Waals surface area (Å²) in [4.78, 5) is 27.5. The summed E-state index contributed by atoms with van der Waals surface area (Å²) in [6, 6.07) is 16.8. The minimum absolute atomic E-state index is 0.182. The topological polar surface area (TPSA) is 87.4 Å². The molecule has 2 aliphatic rings. The van der Waals surface area contributed by atoms with Gasteiger partial charge in [0.15, 0.2) is 11.5 Å². The van der Waals surface area contributed by atoms with Crippen LogP contribution in [0.2, 0.25) is 0 Å². The van der Waals surface area contributed by atoms with E-state index in [4.69, 9.17) is 23.4 Å². The van der Waals surface area contributed by atoms with Crippen molar-refractivity contribution < 1.29 is 33.0 Å². The van der Waals surface area contributed by atoms with Gasteiger partial charge in [-0.2, -0.15) is 0 Å². The number of esters is 2. The number of carbonyl (C=O) groups excluding carboxylic acids is 2. The zero-order valence-electron chi connectivity index (χ0n) is 19.2. The average Bonchev–Trinajstić information content (AvgIpc) is 3.59. The van der Waals surface area contributed by atoms with Crippen molar-refractivity contribution in [1.82, 2.24) is 4.90 Å². The van der Waals surface area contributed by atoms with Crippen molar-refractivity contribution in [3.63, 3.8) is 0 Å². The maximum absolute atomic E-state index is 12.9. The molecular formula is C27H23NO7. The smallest absolute Gasteiger partial charge is 0.336 e. The van der Waals surface area contributed by atoms with Gasteiger partial charge in [-0.25, -0.2) is 9.59 Å². The molecule has 0 fully saturated rings. The number of hydrogen-bond donors (Lipinski definition) is 0. The number of ether oxygens (including phenoxy) is 4. The Bertz CT molecular complexity index is 1270. The molecule has 2 aromatic carbocycles. The minimum Gasteiger partial charge on any atom is -0.466 e. The molecule has 5 rings (SSSR count). The number of methoxy groups -OCH3 is 2. The molecule has 0 atom stereocenters. The monoisotopic (exact) mass is 473 g/mol. The number of fused-ring (bicyclic) bond motifs is 1. The largest absolute Gasteiger partial charge is 0.466 e. The third-order valence-corrected chi connectivity index (χ3v) is 5.93. The van der Waals surface area contributed by atoms with Gasteiger partial charge >= 0.3 is 11.9 Å². The highest BCUT2D eigenvalue weighted by Gasteiger charge is 2.35. The Kier molecular flexibility index (Phi) is 6.01. The van der Waals surface area contributed by atoms with Crippen LogP contribution in [0.1, 0.15) is 17.0 Å². The summed E-state index contributed by atoms with van der Waals surface area (Å²) in [5.41, 5.74) is 3.18. The second-order valence-electron chi connectivity index (χ2n) is 8.04. The molecule has 0 N–H and O–H groups in total. The Morgan fingerprint density at radius 2 is 1.60 bits per heavy atom. The van der Waals surface area contributed by atoms with E-state index in [1.807, 2.05) is 54.6 Å². The molecular weight excluding hydrogens is 450 g/mol. The predicted molar refractivity (Wildman–Crippen MR) is 125 cm³/mol. The molecule has 0 saturated carbocycles. The van der Waals surface area contributed by atoms with Crippen LogP contribution in [-0.4, -0.2) is 37.9 Å². The normalized spacial score (nSPS) is 14.9. The molecule has 1 aromatic heterocycles. The first-order valence-corrected chi connectivity index (χ1v) is 11.0. The highest BCUT2D eigenvalue weighted by Crippen LogP contribution is 2.39. The van der Waals surface area contributed by atoms with E-state index in [1.54, 1.807) is 23.6 Å². The molecule has 3 aromatic rings. The summed E-state index contributed by atoms with van der Waals surface area (Å²) in [6.45, 7) is 0.573. The van der Waals surface area contributed by atoms with Crippen molar-refractivity contribution in [2.45, 2.75) is 12.5 Å². The lowest BCUT2D eigenvalue weighted by atomic mass is 9.83. The van der Waals surface area contributed by atoms with Crippen LogP contribution in [0.5, 0.6) is 11.5 Å². The van der Waals surface area contributed by atoms with E-state index in [2.05, 4.69) is 0 Å². The van der Waals surface area contributed by atoms with Gasteiger partial charge in [-0.15, -0.1) is 0 Å². The summed E-state index contributed by atoms with van der Waals surface area (Å²) in [5.74, 6) is 0.340. The lowest BCUT2D eigenvalue weighted by Crippen LogP contribution is -2.28. The van der Waals surface area contributed by atoms with Crippen LogP contribution in [-0.2, 0) is 25.6 Å². The van der Waals surface area contributed by atoms with Crippen molar-refractivity contribution in [3.05, 3.63) is 95.5 Å². The summed E-state index contributed by atoms with van der Waals surface area (Å²) < 4.78 is 26.5. The molecule has 0 saturated heterocycles. The minimum atomic E-state index is -0.659. The van der Waals surface area contributed by atoms with Crippen molar-refractivity contribution in [3.8, 4) is 22.8 Å². The van der Waals surface area contributed by atoms with E-state index in [-0.39, 0.29) is 6.79 Å². The van der Waals surface area contributed by atoms with Gasteiger partial charge in [0.05, 0.1) is 37.5 Å². The van der Waals surface area contributed by atoms with Crippen LogP contribution in [0.25, 0.3) is 11.3 Å². The molecule has 0 aliphatic carbocycles. The van der Waals surface area contributed by atoms with Gasteiger partial charge < -0.3 is 28.3 Å². The van der Waals surface area contributed by atoms with Gasteiger partial charge in [-0.1, -0.05) is 30.3 Å². The van der Waals surface area contributed by atoms with E-state index in [1.165, 1.54) is 14.2 Å². The van der Waals surface area contributed by atoms with Crippen molar-refractivity contribution in [2.24, 2.45) is 0 Å². The fraction of sp³-hybridized carbons (Fsp3) is 0.185. The van der Waals surface area contributed by atoms with E-state index in [9.17, 15) is 9.59 Å².